The lowest BCUT2D eigenvalue weighted by molar-refractivity contribution is -0.387. The quantitative estimate of drug-likeness (QED) is 0.364. The first-order valence-electron chi connectivity index (χ1n) is 10.8. The molecule has 9 nitrogen and oxygen atoms in total. The molecule has 0 spiro atoms. The van der Waals surface area contributed by atoms with Crippen LogP contribution in [0.3, 0.4) is 0 Å². The smallest absolute Gasteiger partial charge is 0.289 e. The highest BCUT2D eigenvalue weighted by Gasteiger charge is 2.35. The molecule has 0 N–H and O–H groups in total. The lowest BCUT2D eigenvalue weighted by Crippen LogP contribution is -2.50. The third kappa shape index (κ3) is 5.31. The van der Waals surface area contributed by atoms with Gasteiger partial charge in [-0.3, -0.25) is 14.9 Å². The predicted molar refractivity (Wildman–Crippen MR) is 125 cm³/mol. The third-order valence-corrected chi connectivity index (χ3v) is 7.58. The minimum atomic E-state index is -4.10. The SMILES string of the molecule is O=C(c1ccccc1OCc1ccc(F)cc1)N1CCN(S(=O)(=O)c2ccccc2[N+](=O)[O-])CC1. The van der Waals surface area contributed by atoms with E-state index in [4.69, 9.17) is 4.74 Å². The summed E-state index contributed by atoms with van der Waals surface area (Å²) in [5.74, 6) is -0.313. The summed E-state index contributed by atoms with van der Waals surface area (Å²) in [5, 5.41) is 11.3. The van der Waals surface area contributed by atoms with Crippen molar-refractivity contribution in [2.75, 3.05) is 26.2 Å². The second kappa shape index (κ2) is 10.2. The minimum absolute atomic E-state index is 0.00126. The topological polar surface area (TPSA) is 110 Å². The van der Waals surface area contributed by atoms with Crippen LogP contribution in [-0.4, -0.2) is 54.6 Å². The van der Waals surface area contributed by atoms with E-state index in [0.717, 1.165) is 15.9 Å². The van der Waals surface area contributed by atoms with Gasteiger partial charge in [0, 0.05) is 32.2 Å². The Balaban J connectivity index is 1.44. The number of nitrogens with zero attached hydrogens (tertiary/aromatic N) is 3. The van der Waals surface area contributed by atoms with Crippen LogP contribution in [0.15, 0.2) is 77.7 Å². The van der Waals surface area contributed by atoms with Gasteiger partial charge >= 0.3 is 0 Å². The molecule has 0 aromatic heterocycles. The maximum absolute atomic E-state index is 13.2. The number of nitro benzene ring substituents is 1. The number of carbonyl (C=O) groups excluding carboxylic acids is 1. The Hall–Kier alpha value is -3.83. The largest absolute Gasteiger partial charge is 0.488 e. The van der Waals surface area contributed by atoms with Crippen LogP contribution in [0.2, 0.25) is 0 Å². The summed E-state index contributed by atoms with van der Waals surface area (Å²) in [6.07, 6.45) is 0. The fraction of sp³-hybridized carbons (Fsp3) is 0.208. The average molecular weight is 500 g/mol. The molecule has 1 amide bonds. The number of amides is 1. The molecule has 35 heavy (non-hydrogen) atoms. The maximum atomic E-state index is 13.2. The van der Waals surface area contributed by atoms with Crippen LogP contribution in [0, 0.1) is 15.9 Å². The van der Waals surface area contributed by atoms with Gasteiger partial charge in [-0.2, -0.15) is 4.31 Å². The number of hydrogen-bond donors (Lipinski definition) is 0. The molecule has 1 fully saturated rings. The molecule has 1 heterocycles. The van der Waals surface area contributed by atoms with Crippen molar-refractivity contribution in [3.05, 3.63) is 99.9 Å². The second-order valence-electron chi connectivity index (χ2n) is 7.83. The first kappa shape index (κ1) is 24.3. The monoisotopic (exact) mass is 499 g/mol. The van der Waals surface area contributed by atoms with Gasteiger partial charge in [0.05, 0.1) is 10.5 Å². The van der Waals surface area contributed by atoms with Crippen molar-refractivity contribution in [3.63, 3.8) is 0 Å². The molecule has 0 radical (unpaired) electrons. The Morgan fingerprint density at radius 2 is 1.57 bits per heavy atom. The summed E-state index contributed by atoms with van der Waals surface area (Å²) in [4.78, 5) is 24.9. The number of hydrogen-bond acceptors (Lipinski definition) is 6. The summed E-state index contributed by atoms with van der Waals surface area (Å²) in [5.41, 5.74) is 0.574. The number of rotatable bonds is 7. The molecule has 11 heteroatoms. The van der Waals surface area contributed by atoms with E-state index in [1.54, 1.807) is 36.4 Å². The summed E-state index contributed by atoms with van der Waals surface area (Å²) < 4.78 is 46.1. The van der Waals surface area contributed by atoms with Gasteiger partial charge < -0.3 is 9.64 Å². The Kier molecular flexibility index (Phi) is 7.08. The van der Waals surface area contributed by atoms with E-state index in [2.05, 4.69) is 0 Å². The van der Waals surface area contributed by atoms with Crippen molar-refractivity contribution < 1.29 is 27.3 Å². The van der Waals surface area contributed by atoms with E-state index < -0.39 is 20.6 Å². The van der Waals surface area contributed by atoms with Crippen LogP contribution in [-0.2, 0) is 16.6 Å². The summed E-state index contributed by atoms with van der Waals surface area (Å²) in [6, 6.07) is 17.8. The van der Waals surface area contributed by atoms with Crippen molar-refractivity contribution in [1.29, 1.82) is 0 Å². The number of ether oxygens (including phenoxy) is 1. The van der Waals surface area contributed by atoms with Crippen LogP contribution >= 0.6 is 0 Å². The van der Waals surface area contributed by atoms with Gasteiger partial charge in [0.25, 0.3) is 11.6 Å². The molecule has 3 aromatic rings. The molecule has 0 bridgehead atoms. The molecule has 1 aliphatic heterocycles. The molecule has 0 atom stereocenters. The zero-order valence-electron chi connectivity index (χ0n) is 18.5. The number of piperazine rings is 1. The lowest BCUT2D eigenvalue weighted by Gasteiger charge is -2.34. The van der Waals surface area contributed by atoms with E-state index >= 15 is 0 Å². The van der Waals surface area contributed by atoms with Crippen LogP contribution in [0.4, 0.5) is 10.1 Å². The molecule has 0 unspecified atom stereocenters. The number of sulfonamides is 1. The number of nitro groups is 1. The van der Waals surface area contributed by atoms with Gasteiger partial charge in [0.2, 0.25) is 10.0 Å². The number of para-hydroxylation sites is 2. The van der Waals surface area contributed by atoms with Crippen molar-refractivity contribution in [2.45, 2.75) is 11.5 Å². The molecule has 182 valence electrons. The van der Waals surface area contributed by atoms with Gasteiger partial charge in [0.1, 0.15) is 18.2 Å². The molecule has 0 saturated carbocycles. The highest BCUT2D eigenvalue weighted by molar-refractivity contribution is 7.89. The second-order valence-corrected chi connectivity index (χ2v) is 9.74. The zero-order valence-corrected chi connectivity index (χ0v) is 19.4. The first-order valence-corrected chi connectivity index (χ1v) is 12.2. The Bertz CT molecular complexity index is 1340. The molecule has 1 saturated heterocycles. The van der Waals surface area contributed by atoms with Crippen molar-refractivity contribution in [2.24, 2.45) is 0 Å². The standard InChI is InChI=1S/C24H22FN3O6S/c25-19-11-9-18(10-12-19)17-34-22-7-3-1-5-20(22)24(29)26-13-15-27(16-14-26)35(32,33)23-8-4-2-6-21(23)28(30)31/h1-12H,13-17H2. The van der Waals surface area contributed by atoms with Crippen molar-refractivity contribution in [3.8, 4) is 5.75 Å². The Morgan fingerprint density at radius 1 is 0.943 bits per heavy atom. The Morgan fingerprint density at radius 3 is 2.26 bits per heavy atom. The van der Waals surface area contributed by atoms with Crippen LogP contribution < -0.4 is 4.74 Å². The van der Waals surface area contributed by atoms with Gasteiger partial charge in [-0.1, -0.05) is 36.4 Å². The molecular formula is C24H22FN3O6S. The maximum Gasteiger partial charge on any atom is 0.289 e. The summed E-state index contributed by atoms with van der Waals surface area (Å²) in [6.45, 7) is 0.375. The van der Waals surface area contributed by atoms with Crippen LogP contribution in [0.25, 0.3) is 0 Å². The molecule has 3 aromatic carbocycles. The Labute approximate surface area is 201 Å². The van der Waals surface area contributed by atoms with E-state index in [0.29, 0.717) is 11.3 Å². The van der Waals surface area contributed by atoms with E-state index in [-0.39, 0.29) is 49.4 Å². The van der Waals surface area contributed by atoms with Crippen LogP contribution in [0.1, 0.15) is 15.9 Å². The van der Waals surface area contributed by atoms with Crippen molar-refractivity contribution >= 4 is 21.6 Å². The summed E-state index contributed by atoms with van der Waals surface area (Å²) in [7, 11) is -4.10. The van der Waals surface area contributed by atoms with Gasteiger partial charge in [-0.15, -0.1) is 0 Å². The van der Waals surface area contributed by atoms with E-state index in [1.165, 1.54) is 35.2 Å². The number of halogens is 1. The molecular weight excluding hydrogens is 477 g/mol. The van der Waals surface area contributed by atoms with Crippen LogP contribution in [0.5, 0.6) is 5.75 Å². The van der Waals surface area contributed by atoms with Gasteiger partial charge in [0.15, 0.2) is 4.90 Å². The van der Waals surface area contributed by atoms with Gasteiger partial charge in [-0.25, -0.2) is 12.8 Å². The fourth-order valence-electron chi connectivity index (χ4n) is 3.78. The normalized spacial score (nSPS) is 14.5. The third-order valence-electron chi connectivity index (χ3n) is 5.63. The van der Waals surface area contributed by atoms with Gasteiger partial charge in [-0.05, 0) is 35.9 Å². The van der Waals surface area contributed by atoms with Crippen molar-refractivity contribution in [1.82, 2.24) is 9.21 Å². The zero-order chi connectivity index (χ0) is 25.0. The molecule has 4 rings (SSSR count). The average Bonchev–Trinajstić information content (AvgIpc) is 2.88. The number of carbonyl (C=O) groups is 1. The predicted octanol–water partition coefficient (Wildman–Crippen LogP) is 3.46. The highest BCUT2D eigenvalue weighted by Crippen LogP contribution is 2.28. The fourth-order valence-corrected chi connectivity index (χ4v) is 5.36. The highest BCUT2D eigenvalue weighted by atomic mass is 32.2. The number of benzene rings is 3. The van der Waals surface area contributed by atoms with E-state index in [9.17, 15) is 27.7 Å². The molecule has 0 aliphatic carbocycles. The summed E-state index contributed by atoms with van der Waals surface area (Å²) >= 11 is 0. The van der Waals surface area contributed by atoms with E-state index in [1.807, 2.05) is 0 Å². The first-order chi connectivity index (χ1) is 16.8. The molecule has 1 aliphatic rings. The minimum Gasteiger partial charge on any atom is -0.488 e. The lowest BCUT2D eigenvalue weighted by atomic mass is 10.1.